The van der Waals surface area contributed by atoms with E-state index >= 15 is 0 Å². The third-order valence-electron chi connectivity index (χ3n) is 5.29. The largest absolute Gasteiger partial charge is 0.466 e. The molecule has 2 heterocycles. The number of hydrogen-bond donors (Lipinski definition) is 1. The number of carbonyl (C=O) groups excluding carboxylic acids is 3. The molecule has 0 saturated carbocycles. The van der Waals surface area contributed by atoms with Gasteiger partial charge in [0.25, 0.3) is 0 Å². The number of fused-ring (bicyclic) bond motifs is 1. The van der Waals surface area contributed by atoms with Crippen LogP contribution in [0.15, 0.2) is 65.9 Å². The molecule has 1 amide bonds. The van der Waals surface area contributed by atoms with Crippen LogP contribution >= 0.6 is 0 Å². The molecule has 3 aromatic rings. The number of hydrogen-bond acceptors (Lipinski definition) is 8. The van der Waals surface area contributed by atoms with Gasteiger partial charge in [0.05, 0.1) is 43.2 Å². The van der Waals surface area contributed by atoms with Gasteiger partial charge in [-0.05, 0) is 24.3 Å². The summed E-state index contributed by atoms with van der Waals surface area (Å²) in [5, 5.41) is 0.680. The Morgan fingerprint density at radius 1 is 1.00 bits per heavy atom. The normalized spacial score (nSPS) is 13.7. The fourth-order valence-corrected chi connectivity index (χ4v) is 3.69. The average molecular weight is 447 g/mol. The number of rotatable bonds is 5. The van der Waals surface area contributed by atoms with Crippen molar-refractivity contribution in [2.24, 2.45) is 5.73 Å². The molecule has 0 aliphatic carbocycles. The van der Waals surface area contributed by atoms with Gasteiger partial charge in [-0.2, -0.15) is 0 Å². The van der Waals surface area contributed by atoms with E-state index < -0.39 is 17.8 Å². The van der Waals surface area contributed by atoms with E-state index in [4.69, 9.17) is 19.9 Å². The second-order valence-corrected chi connectivity index (χ2v) is 7.20. The quantitative estimate of drug-likeness (QED) is 0.592. The number of esters is 2. The number of nitrogens with two attached hydrogens (primary N) is 1. The molecule has 1 aliphatic rings. The molecule has 2 aromatic carbocycles. The van der Waals surface area contributed by atoms with Gasteiger partial charge in [0, 0.05) is 16.6 Å². The van der Waals surface area contributed by atoms with Crippen molar-refractivity contribution >= 4 is 34.4 Å². The summed E-state index contributed by atoms with van der Waals surface area (Å²) in [5.41, 5.74) is 8.64. The molecule has 9 nitrogen and oxygen atoms in total. The molecule has 168 valence electrons. The summed E-state index contributed by atoms with van der Waals surface area (Å²) >= 11 is 0. The second kappa shape index (κ2) is 9.09. The Morgan fingerprint density at radius 3 is 2.36 bits per heavy atom. The van der Waals surface area contributed by atoms with E-state index in [1.807, 2.05) is 18.2 Å². The molecular formula is C24H21N3O6. The first-order valence-corrected chi connectivity index (χ1v) is 9.99. The molecule has 33 heavy (non-hydrogen) atoms. The number of aromatic nitrogens is 1. The van der Waals surface area contributed by atoms with Crippen molar-refractivity contribution in [3.63, 3.8) is 0 Å². The molecule has 1 aromatic heterocycles. The Morgan fingerprint density at radius 2 is 1.70 bits per heavy atom. The van der Waals surface area contributed by atoms with Gasteiger partial charge in [0.1, 0.15) is 12.4 Å². The molecule has 4 rings (SSSR count). The van der Waals surface area contributed by atoms with Crippen LogP contribution < -0.4 is 10.6 Å². The highest BCUT2D eigenvalue weighted by atomic mass is 16.5. The van der Waals surface area contributed by atoms with Crippen LogP contribution in [0.1, 0.15) is 10.4 Å². The molecule has 0 fully saturated rings. The monoisotopic (exact) mass is 447 g/mol. The summed E-state index contributed by atoms with van der Waals surface area (Å²) in [6, 6.07) is 16.0. The predicted octanol–water partition coefficient (Wildman–Crippen LogP) is 2.39. The summed E-state index contributed by atoms with van der Waals surface area (Å²) in [5.74, 6) is -1.89. The van der Waals surface area contributed by atoms with Gasteiger partial charge in [-0.3, -0.25) is 4.79 Å². The van der Waals surface area contributed by atoms with E-state index in [1.54, 1.807) is 36.4 Å². The van der Waals surface area contributed by atoms with Crippen LogP contribution in [0, 0.1) is 0 Å². The highest BCUT2D eigenvalue weighted by Gasteiger charge is 2.32. The van der Waals surface area contributed by atoms with Gasteiger partial charge in [-0.1, -0.05) is 30.3 Å². The lowest BCUT2D eigenvalue weighted by molar-refractivity contribution is -0.140. The summed E-state index contributed by atoms with van der Waals surface area (Å²) in [6.45, 7) is -0.0209. The van der Waals surface area contributed by atoms with Gasteiger partial charge >= 0.3 is 11.9 Å². The Kier molecular flexibility index (Phi) is 6.05. The lowest BCUT2D eigenvalue weighted by Gasteiger charge is -2.31. The number of para-hydroxylation sites is 1. The molecule has 0 bridgehead atoms. The van der Waals surface area contributed by atoms with Gasteiger partial charge < -0.3 is 24.8 Å². The number of carbonyl (C=O) groups is 3. The first-order chi connectivity index (χ1) is 15.9. The lowest BCUT2D eigenvalue weighted by Crippen LogP contribution is -2.38. The minimum absolute atomic E-state index is 0.0460. The van der Waals surface area contributed by atoms with Gasteiger partial charge in [0.2, 0.25) is 5.91 Å². The fraction of sp³-hybridized carbons (Fsp3) is 0.167. The number of anilines is 1. The molecule has 0 spiro atoms. The predicted molar refractivity (Wildman–Crippen MR) is 120 cm³/mol. The number of methoxy groups -OCH3 is 2. The Labute approximate surface area is 189 Å². The number of primary amides is 1. The maximum absolute atomic E-state index is 12.5. The van der Waals surface area contributed by atoms with Crippen LogP contribution in [0.4, 0.5) is 5.69 Å². The summed E-state index contributed by atoms with van der Waals surface area (Å²) < 4.78 is 15.2. The number of benzene rings is 2. The van der Waals surface area contributed by atoms with Crippen molar-refractivity contribution in [1.82, 2.24) is 4.98 Å². The minimum atomic E-state index is -0.676. The molecular weight excluding hydrogens is 426 g/mol. The van der Waals surface area contributed by atoms with E-state index in [0.717, 1.165) is 5.56 Å². The third kappa shape index (κ3) is 4.13. The van der Waals surface area contributed by atoms with Crippen molar-refractivity contribution in [1.29, 1.82) is 0 Å². The van der Waals surface area contributed by atoms with Crippen LogP contribution in [-0.4, -0.2) is 50.4 Å². The zero-order chi connectivity index (χ0) is 23.5. The lowest BCUT2D eigenvalue weighted by atomic mass is 10.0. The molecule has 0 saturated heterocycles. The van der Waals surface area contributed by atoms with Crippen LogP contribution in [0.5, 0.6) is 0 Å². The zero-order valence-corrected chi connectivity index (χ0v) is 18.0. The Hall–Kier alpha value is -4.24. The number of pyridine rings is 1. The van der Waals surface area contributed by atoms with Crippen LogP contribution in [-0.2, 0) is 23.8 Å². The molecule has 2 N–H and O–H groups in total. The standard InChI is InChI=1S/C24H21N3O6/c1-31-23(29)18-12-33-13-27(21(18)24(30)32-2)15-9-7-14(8-10-15)20-11-17(22(25)28)16-5-3-4-6-19(16)26-20/h3-11H,12-13H2,1-2H3,(H2,25,28). The molecule has 1 aliphatic heterocycles. The van der Waals surface area contributed by atoms with Crippen molar-refractivity contribution in [2.75, 3.05) is 32.5 Å². The van der Waals surface area contributed by atoms with Crippen molar-refractivity contribution in [2.45, 2.75) is 0 Å². The molecule has 0 atom stereocenters. The van der Waals surface area contributed by atoms with Crippen molar-refractivity contribution in [3.8, 4) is 11.3 Å². The van der Waals surface area contributed by atoms with Crippen LogP contribution in [0.3, 0.4) is 0 Å². The van der Waals surface area contributed by atoms with Crippen molar-refractivity contribution < 1.29 is 28.6 Å². The zero-order valence-electron chi connectivity index (χ0n) is 18.0. The maximum Gasteiger partial charge on any atom is 0.355 e. The molecule has 0 unspecified atom stereocenters. The maximum atomic E-state index is 12.5. The number of nitrogens with zero attached hydrogens (tertiary/aromatic N) is 2. The fourth-order valence-electron chi connectivity index (χ4n) is 3.69. The Balaban J connectivity index is 1.75. The molecule has 9 heteroatoms. The second-order valence-electron chi connectivity index (χ2n) is 7.20. The molecule has 0 radical (unpaired) electrons. The van der Waals surface area contributed by atoms with E-state index in [-0.39, 0.29) is 24.6 Å². The summed E-state index contributed by atoms with van der Waals surface area (Å²) in [6.07, 6.45) is 0. The summed E-state index contributed by atoms with van der Waals surface area (Å²) in [7, 11) is 2.47. The third-order valence-corrected chi connectivity index (χ3v) is 5.29. The first kappa shape index (κ1) is 22.0. The van der Waals surface area contributed by atoms with E-state index in [9.17, 15) is 14.4 Å². The van der Waals surface area contributed by atoms with Gasteiger partial charge in [-0.15, -0.1) is 0 Å². The summed E-state index contributed by atoms with van der Waals surface area (Å²) in [4.78, 5) is 42.8. The minimum Gasteiger partial charge on any atom is -0.466 e. The van der Waals surface area contributed by atoms with Gasteiger partial charge in [0.15, 0.2) is 0 Å². The van der Waals surface area contributed by atoms with E-state index in [1.165, 1.54) is 19.1 Å². The average Bonchev–Trinajstić information content (AvgIpc) is 2.86. The highest BCUT2D eigenvalue weighted by molar-refractivity contribution is 6.06. The number of amides is 1. The van der Waals surface area contributed by atoms with Crippen LogP contribution in [0.25, 0.3) is 22.2 Å². The number of ether oxygens (including phenoxy) is 3. The Bertz CT molecular complexity index is 1280. The highest BCUT2D eigenvalue weighted by Crippen LogP contribution is 2.30. The van der Waals surface area contributed by atoms with Gasteiger partial charge in [-0.25, -0.2) is 14.6 Å². The first-order valence-electron chi connectivity index (χ1n) is 9.99. The topological polar surface area (TPSA) is 121 Å². The van der Waals surface area contributed by atoms with Crippen LogP contribution in [0.2, 0.25) is 0 Å². The van der Waals surface area contributed by atoms with E-state index in [2.05, 4.69) is 4.98 Å². The van der Waals surface area contributed by atoms with E-state index in [0.29, 0.717) is 27.8 Å². The smallest absolute Gasteiger partial charge is 0.355 e. The SMILES string of the molecule is COC(=O)C1=C(C(=O)OC)N(c2ccc(-c3cc(C(N)=O)c4ccccc4n3)cc2)COC1. The van der Waals surface area contributed by atoms with Crippen molar-refractivity contribution in [3.05, 3.63) is 71.4 Å².